The van der Waals surface area contributed by atoms with Crippen molar-refractivity contribution in [1.29, 1.82) is 0 Å². The SMILES string of the molecule is COC(=O)C(C)(C)COCC1CCNCC1. The normalized spacial score (nSPS) is 18.4. The molecule has 94 valence electrons. The molecular formula is C12H23NO3. The molecule has 4 nitrogen and oxygen atoms in total. The molecular weight excluding hydrogens is 206 g/mol. The van der Waals surface area contributed by atoms with E-state index >= 15 is 0 Å². The van der Waals surface area contributed by atoms with E-state index in [1.54, 1.807) is 0 Å². The number of carbonyl (C=O) groups excluding carboxylic acids is 1. The van der Waals surface area contributed by atoms with Crippen molar-refractivity contribution in [2.45, 2.75) is 26.7 Å². The molecule has 1 rings (SSSR count). The summed E-state index contributed by atoms with van der Waals surface area (Å²) in [6.45, 7) is 7.04. The number of methoxy groups -OCH3 is 1. The van der Waals surface area contributed by atoms with Crippen LogP contribution in [0.2, 0.25) is 0 Å². The van der Waals surface area contributed by atoms with Gasteiger partial charge in [0.25, 0.3) is 0 Å². The van der Waals surface area contributed by atoms with Crippen molar-refractivity contribution in [3.63, 3.8) is 0 Å². The number of carbonyl (C=O) groups is 1. The lowest BCUT2D eigenvalue weighted by Crippen LogP contribution is -2.34. The average Bonchev–Trinajstić information content (AvgIpc) is 2.29. The smallest absolute Gasteiger partial charge is 0.313 e. The highest BCUT2D eigenvalue weighted by molar-refractivity contribution is 5.75. The molecule has 1 aliphatic rings. The lowest BCUT2D eigenvalue weighted by atomic mass is 9.95. The van der Waals surface area contributed by atoms with Gasteiger partial charge in [0, 0.05) is 6.61 Å². The standard InChI is InChI=1S/C12H23NO3/c1-12(2,11(14)15-3)9-16-8-10-4-6-13-7-5-10/h10,13H,4-9H2,1-3H3. The lowest BCUT2D eigenvalue weighted by molar-refractivity contribution is -0.154. The molecule has 0 aromatic heterocycles. The zero-order valence-corrected chi connectivity index (χ0v) is 10.5. The summed E-state index contributed by atoms with van der Waals surface area (Å²) < 4.78 is 10.4. The molecule has 16 heavy (non-hydrogen) atoms. The molecule has 0 amide bonds. The van der Waals surface area contributed by atoms with Crippen LogP contribution in [-0.2, 0) is 14.3 Å². The number of hydrogen-bond acceptors (Lipinski definition) is 4. The maximum atomic E-state index is 11.4. The van der Waals surface area contributed by atoms with Crippen molar-refractivity contribution in [3.8, 4) is 0 Å². The highest BCUT2D eigenvalue weighted by atomic mass is 16.5. The Balaban J connectivity index is 2.20. The first-order chi connectivity index (χ1) is 7.56. The summed E-state index contributed by atoms with van der Waals surface area (Å²) in [6, 6.07) is 0. The largest absolute Gasteiger partial charge is 0.469 e. The van der Waals surface area contributed by atoms with E-state index in [1.807, 2.05) is 13.8 Å². The second-order valence-corrected chi connectivity index (χ2v) is 5.08. The van der Waals surface area contributed by atoms with Crippen molar-refractivity contribution < 1.29 is 14.3 Å². The summed E-state index contributed by atoms with van der Waals surface area (Å²) in [5.74, 6) is 0.424. The topological polar surface area (TPSA) is 47.6 Å². The molecule has 1 N–H and O–H groups in total. The number of hydrogen-bond donors (Lipinski definition) is 1. The van der Waals surface area contributed by atoms with Crippen LogP contribution < -0.4 is 5.32 Å². The molecule has 0 bridgehead atoms. The second-order valence-electron chi connectivity index (χ2n) is 5.08. The summed E-state index contributed by atoms with van der Waals surface area (Å²) in [5, 5.41) is 3.32. The minimum atomic E-state index is -0.540. The summed E-state index contributed by atoms with van der Waals surface area (Å²) in [7, 11) is 1.41. The van der Waals surface area contributed by atoms with Gasteiger partial charge in [-0.05, 0) is 45.7 Å². The van der Waals surface area contributed by atoms with Gasteiger partial charge in [-0.15, -0.1) is 0 Å². The van der Waals surface area contributed by atoms with Gasteiger partial charge in [-0.3, -0.25) is 4.79 Å². The van der Waals surface area contributed by atoms with Gasteiger partial charge < -0.3 is 14.8 Å². The predicted molar refractivity (Wildman–Crippen MR) is 62.2 cm³/mol. The van der Waals surface area contributed by atoms with Crippen molar-refractivity contribution in [2.75, 3.05) is 33.4 Å². The van der Waals surface area contributed by atoms with Gasteiger partial charge >= 0.3 is 5.97 Å². The second kappa shape index (κ2) is 6.21. The molecule has 0 atom stereocenters. The number of nitrogens with one attached hydrogen (secondary N) is 1. The first kappa shape index (κ1) is 13.5. The molecule has 1 saturated heterocycles. The molecule has 1 fully saturated rings. The lowest BCUT2D eigenvalue weighted by Gasteiger charge is -2.25. The zero-order valence-electron chi connectivity index (χ0n) is 10.5. The van der Waals surface area contributed by atoms with E-state index in [1.165, 1.54) is 20.0 Å². The maximum absolute atomic E-state index is 11.4. The Hall–Kier alpha value is -0.610. The predicted octanol–water partition coefficient (Wildman–Crippen LogP) is 1.20. The fourth-order valence-corrected chi connectivity index (χ4v) is 1.86. The van der Waals surface area contributed by atoms with Crippen LogP contribution in [0.15, 0.2) is 0 Å². The van der Waals surface area contributed by atoms with Crippen LogP contribution in [0.1, 0.15) is 26.7 Å². The van der Waals surface area contributed by atoms with Crippen molar-refractivity contribution in [3.05, 3.63) is 0 Å². The van der Waals surface area contributed by atoms with Gasteiger partial charge in [-0.1, -0.05) is 0 Å². The van der Waals surface area contributed by atoms with Crippen molar-refractivity contribution >= 4 is 5.97 Å². The van der Waals surface area contributed by atoms with Crippen LogP contribution in [0.5, 0.6) is 0 Å². The Morgan fingerprint density at radius 1 is 1.38 bits per heavy atom. The van der Waals surface area contributed by atoms with Gasteiger partial charge in [0.2, 0.25) is 0 Å². The van der Waals surface area contributed by atoms with Gasteiger partial charge in [-0.25, -0.2) is 0 Å². The Morgan fingerprint density at radius 2 is 2.00 bits per heavy atom. The third-order valence-electron chi connectivity index (χ3n) is 3.01. The first-order valence-corrected chi connectivity index (χ1v) is 5.93. The number of piperidine rings is 1. The Morgan fingerprint density at radius 3 is 2.56 bits per heavy atom. The average molecular weight is 229 g/mol. The first-order valence-electron chi connectivity index (χ1n) is 5.93. The zero-order chi connectivity index (χ0) is 12.0. The third-order valence-corrected chi connectivity index (χ3v) is 3.01. The highest BCUT2D eigenvalue weighted by Crippen LogP contribution is 2.19. The number of ether oxygens (including phenoxy) is 2. The maximum Gasteiger partial charge on any atom is 0.313 e. The van der Waals surface area contributed by atoms with Gasteiger partial charge in [0.1, 0.15) is 0 Å². The number of esters is 1. The van der Waals surface area contributed by atoms with E-state index in [0.717, 1.165) is 19.7 Å². The van der Waals surface area contributed by atoms with Gasteiger partial charge in [0.15, 0.2) is 0 Å². The molecule has 1 aliphatic heterocycles. The van der Waals surface area contributed by atoms with Crippen LogP contribution >= 0.6 is 0 Å². The fraction of sp³-hybridized carbons (Fsp3) is 0.917. The van der Waals surface area contributed by atoms with Crippen LogP contribution in [0, 0.1) is 11.3 Å². The minimum Gasteiger partial charge on any atom is -0.469 e. The Labute approximate surface area is 97.7 Å². The fourth-order valence-electron chi connectivity index (χ4n) is 1.86. The summed E-state index contributed by atoms with van der Waals surface area (Å²) >= 11 is 0. The third kappa shape index (κ3) is 4.10. The van der Waals surface area contributed by atoms with E-state index in [4.69, 9.17) is 9.47 Å². The van der Waals surface area contributed by atoms with Crippen LogP contribution in [0.3, 0.4) is 0 Å². The van der Waals surface area contributed by atoms with Crippen molar-refractivity contribution in [2.24, 2.45) is 11.3 Å². The van der Waals surface area contributed by atoms with Crippen molar-refractivity contribution in [1.82, 2.24) is 5.32 Å². The number of rotatable bonds is 5. The summed E-state index contributed by atoms with van der Waals surface area (Å²) in [6.07, 6.45) is 2.33. The molecule has 0 aromatic carbocycles. The van der Waals surface area contributed by atoms with Crippen LogP contribution in [0.25, 0.3) is 0 Å². The van der Waals surface area contributed by atoms with Gasteiger partial charge in [0.05, 0.1) is 19.1 Å². The van der Waals surface area contributed by atoms with E-state index in [-0.39, 0.29) is 5.97 Å². The summed E-state index contributed by atoms with van der Waals surface area (Å²) in [5.41, 5.74) is -0.540. The Kier molecular flexibility index (Phi) is 5.22. The van der Waals surface area contributed by atoms with Crippen LogP contribution in [0.4, 0.5) is 0 Å². The Bertz CT molecular complexity index is 222. The molecule has 0 radical (unpaired) electrons. The van der Waals surface area contributed by atoms with E-state index in [9.17, 15) is 4.79 Å². The minimum absolute atomic E-state index is 0.210. The van der Waals surface area contributed by atoms with E-state index in [0.29, 0.717) is 12.5 Å². The quantitative estimate of drug-likeness (QED) is 0.720. The molecule has 1 heterocycles. The molecule has 0 unspecified atom stereocenters. The monoisotopic (exact) mass is 229 g/mol. The van der Waals surface area contributed by atoms with E-state index in [2.05, 4.69) is 5.32 Å². The highest BCUT2D eigenvalue weighted by Gasteiger charge is 2.29. The summed E-state index contributed by atoms with van der Waals surface area (Å²) in [4.78, 5) is 11.4. The molecule has 0 spiro atoms. The molecule has 0 saturated carbocycles. The van der Waals surface area contributed by atoms with E-state index < -0.39 is 5.41 Å². The molecule has 0 aliphatic carbocycles. The molecule has 0 aromatic rings. The van der Waals surface area contributed by atoms with Gasteiger partial charge in [-0.2, -0.15) is 0 Å². The molecule has 4 heteroatoms. The van der Waals surface area contributed by atoms with Crippen LogP contribution in [-0.4, -0.2) is 39.4 Å².